The van der Waals surface area contributed by atoms with Crippen LogP contribution in [0.1, 0.15) is 10.4 Å². The quantitative estimate of drug-likeness (QED) is 0.837. The Morgan fingerprint density at radius 3 is 2.60 bits per heavy atom. The molecule has 1 rings (SSSR count). The van der Waals surface area contributed by atoms with Gasteiger partial charge in [0, 0.05) is 7.05 Å². The number of hydrogen-bond donors (Lipinski definition) is 0. The van der Waals surface area contributed by atoms with Gasteiger partial charge in [0.2, 0.25) is 0 Å². The van der Waals surface area contributed by atoms with Gasteiger partial charge in [0.25, 0.3) is 5.91 Å². The average Bonchev–Trinajstić information content (AvgIpc) is 2.47. The van der Waals surface area contributed by atoms with Gasteiger partial charge in [-0.05, 0) is 22.0 Å². The van der Waals surface area contributed by atoms with Gasteiger partial charge >= 0.3 is 6.18 Å². The smallest absolute Gasteiger partial charge is 0.406 e. The van der Waals surface area contributed by atoms with Crippen molar-refractivity contribution < 1.29 is 22.4 Å². The van der Waals surface area contributed by atoms with Crippen LogP contribution in [-0.4, -0.2) is 30.6 Å². The van der Waals surface area contributed by atoms with E-state index in [1.807, 2.05) is 0 Å². The number of nitrogens with zero attached hydrogens (tertiary/aromatic N) is 1. The molecule has 0 saturated carbocycles. The number of hydrogen-bond acceptors (Lipinski definition) is 2. The van der Waals surface area contributed by atoms with Gasteiger partial charge in [-0.3, -0.25) is 4.79 Å². The molecular weight excluding hydrogens is 279 g/mol. The van der Waals surface area contributed by atoms with Crippen molar-refractivity contribution in [3.8, 4) is 0 Å². The lowest BCUT2D eigenvalue weighted by Gasteiger charge is -2.18. The van der Waals surface area contributed by atoms with Crippen LogP contribution in [0.15, 0.2) is 21.4 Å². The molecule has 0 aliphatic carbocycles. The SMILES string of the molecule is CN(CC(F)(F)F)C(=O)c1ccoc1Br. The normalized spacial score (nSPS) is 11.5. The number of amides is 1. The van der Waals surface area contributed by atoms with Crippen LogP contribution in [0, 0.1) is 0 Å². The third-order valence-corrected chi connectivity index (χ3v) is 2.23. The number of rotatable bonds is 2. The highest BCUT2D eigenvalue weighted by molar-refractivity contribution is 9.10. The number of alkyl halides is 3. The zero-order chi connectivity index (χ0) is 11.6. The van der Waals surface area contributed by atoms with Crippen LogP contribution in [0.2, 0.25) is 0 Å². The van der Waals surface area contributed by atoms with Gasteiger partial charge < -0.3 is 9.32 Å². The maximum absolute atomic E-state index is 12.0. The van der Waals surface area contributed by atoms with E-state index in [0.29, 0.717) is 4.90 Å². The zero-order valence-corrected chi connectivity index (χ0v) is 9.22. The molecule has 0 unspecified atom stereocenters. The molecule has 84 valence electrons. The molecule has 1 amide bonds. The summed E-state index contributed by atoms with van der Waals surface area (Å²) in [4.78, 5) is 12.0. The minimum absolute atomic E-state index is 0.0711. The molecule has 0 N–H and O–H groups in total. The highest BCUT2D eigenvalue weighted by Gasteiger charge is 2.32. The lowest BCUT2D eigenvalue weighted by atomic mass is 10.3. The van der Waals surface area contributed by atoms with E-state index in [2.05, 4.69) is 15.9 Å². The Hall–Kier alpha value is -0.980. The van der Waals surface area contributed by atoms with Crippen molar-refractivity contribution in [2.75, 3.05) is 13.6 Å². The number of carbonyl (C=O) groups is 1. The molecule has 1 aromatic heterocycles. The second-order valence-corrected chi connectivity index (χ2v) is 3.60. The highest BCUT2D eigenvalue weighted by atomic mass is 79.9. The first-order valence-electron chi connectivity index (χ1n) is 3.86. The summed E-state index contributed by atoms with van der Waals surface area (Å²) < 4.78 is 40.8. The van der Waals surface area contributed by atoms with Crippen molar-refractivity contribution in [3.05, 3.63) is 22.6 Å². The van der Waals surface area contributed by atoms with Gasteiger partial charge in [0.05, 0.1) is 11.8 Å². The maximum Gasteiger partial charge on any atom is 0.406 e. The van der Waals surface area contributed by atoms with E-state index in [9.17, 15) is 18.0 Å². The van der Waals surface area contributed by atoms with Crippen molar-refractivity contribution in [3.63, 3.8) is 0 Å². The summed E-state index contributed by atoms with van der Waals surface area (Å²) in [6.45, 7) is -1.29. The second kappa shape index (κ2) is 4.26. The molecule has 1 aromatic rings. The molecule has 1 heterocycles. The number of halogens is 4. The van der Waals surface area contributed by atoms with Crippen LogP contribution in [0.5, 0.6) is 0 Å². The van der Waals surface area contributed by atoms with Gasteiger partial charge in [-0.1, -0.05) is 0 Å². The first kappa shape index (κ1) is 12.1. The fraction of sp³-hybridized carbons (Fsp3) is 0.375. The molecular formula is C8H7BrF3NO2. The molecule has 0 fully saturated rings. The van der Waals surface area contributed by atoms with E-state index in [1.165, 1.54) is 12.3 Å². The van der Waals surface area contributed by atoms with E-state index >= 15 is 0 Å². The van der Waals surface area contributed by atoms with E-state index in [1.54, 1.807) is 0 Å². The van der Waals surface area contributed by atoms with Crippen molar-refractivity contribution in [1.29, 1.82) is 0 Å². The Kier molecular flexibility index (Phi) is 3.43. The standard InChI is InChI=1S/C8H7BrF3NO2/c1-13(4-8(10,11)12)7(14)5-2-3-15-6(5)9/h2-3H,4H2,1H3. The third-order valence-electron chi connectivity index (χ3n) is 1.61. The third kappa shape index (κ3) is 3.26. The largest absolute Gasteiger partial charge is 0.457 e. The van der Waals surface area contributed by atoms with Crippen LogP contribution in [0.25, 0.3) is 0 Å². The minimum Gasteiger partial charge on any atom is -0.457 e. The summed E-state index contributed by atoms with van der Waals surface area (Å²) in [6.07, 6.45) is -3.18. The van der Waals surface area contributed by atoms with E-state index in [4.69, 9.17) is 4.42 Å². The molecule has 3 nitrogen and oxygen atoms in total. The van der Waals surface area contributed by atoms with Gasteiger partial charge in [0.1, 0.15) is 6.54 Å². The summed E-state index contributed by atoms with van der Waals surface area (Å²) in [7, 11) is 1.08. The molecule has 0 aliphatic rings. The molecule has 0 bridgehead atoms. The Morgan fingerprint density at radius 1 is 1.60 bits per heavy atom. The van der Waals surface area contributed by atoms with E-state index < -0.39 is 18.6 Å². The Morgan fingerprint density at radius 2 is 2.20 bits per heavy atom. The first-order valence-corrected chi connectivity index (χ1v) is 4.66. The Bertz CT molecular complexity index is 361. The maximum atomic E-state index is 12.0. The fourth-order valence-electron chi connectivity index (χ4n) is 0.993. The molecule has 15 heavy (non-hydrogen) atoms. The lowest BCUT2D eigenvalue weighted by molar-refractivity contribution is -0.138. The highest BCUT2D eigenvalue weighted by Crippen LogP contribution is 2.21. The Balaban J connectivity index is 2.74. The van der Waals surface area contributed by atoms with Crippen molar-refractivity contribution in [2.45, 2.75) is 6.18 Å². The van der Waals surface area contributed by atoms with Gasteiger partial charge in [-0.2, -0.15) is 13.2 Å². The Labute approximate surface area is 92.0 Å². The number of furan rings is 1. The van der Waals surface area contributed by atoms with Gasteiger partial charge in [0.15, 0.2) is 4.67 Å². The summed E-state index contributed by atoms with van der Waals surface area (Å²) in [5.74, 6) is -0.743. The fourth-order valence-corrected chi connectivity index (χ4v) is 1.40. The van der Waals surface area contributed by atoms with Crippen molar-refractivity contribution in [1.82, 2.24) is 4.90 Å². The van der Waals surface area contributed by atoms with Crippen molar-refractivity contribution in [2.24, 2.45) is 0 Å². The summed E-state index contributed by atoms with van der Waals surface area (Å²) in [5, 5.41) is 0. The predicted molar refractivity (Wildman–Crippen MR) is 49.4 cm³/mol. The summed E-state index contributed by atoms with van der Waals surface area (Å²) in [6, 6.07) is 1.30. The topological polar surface area (TPSA) is 33.5 Å². The average molecular weight is 286 g/mol. The molecule has 0 radical (unpaired) electrons. The summed E-state index contributed by atoms with van der Waals surface area (Å²) >= 11 is 2.92. The molecule has 0 aromatic carbocycles. The molecule has 0 spiro atoms. The zero-order valence-electron chi connectivity index (χ0n) is 7.64. The van der Waals surface area contributed by atoms with Crippen LogP contribution in [-0.2, 0) is 0 Å². The van der Waals surface area contributed by atoms with Crippen LogP contribution >= 0.6 is 15.9 Å². The van der Waals surface area contributed by atoms with Gasteiger partial charge in [-0.25, -0.2) is 0 Å². The van der Waals surface area contributed by atoms with Crippen LogP contribution in [0.3, 0.4) is 0 Å². The molecule has 0 aliphatic heterocycles. The predicted octanol–water partition coefficient (Wildman–Crippen LogP) is 2.68. The van der Waals surface area contributed by atoms with Crippen LogP contribution < -0.4 is 0 Å². The van der Waals surface area contributed by atoms with E-state index in [-0.39, 0.29) is 10.2 Å². The van der Waals surface area contributed by atoms with E-state index in [0.717, 1.165) is 7.05 Å². The molecule has 0 atom stereocenters. The van der Waals surface area contributed by atoms with Crippen molar-refractivity contribution >= 4 is 21.8 Å². The summed E-state index contributed by atoms with van der Waals surface area (Å²) in [5.41, 5.74) is 0.0711. The van der Waals surface area contributed by atoms with Gasteiger partial charge in [-0.15, -0.1) is 0 Å². The molecule has 0 saturated heterocycles. The number of carbonyl (C=O) groups excluding carboxylic acids is 1. The lowest BCUT2D eigenvalue weighted by Crippen LogP contribution is -2.35. The first-order chi connectivity index (χ1) is 6.81. The molecule has 7 heteroatoms. The second-order valence-electron chi connectivity index (χ2n) is 2.88. The van der Waals surface area contributed by atoms with Crippen LogP contribution in [0.4, 0.5) is 13.2 Å². The minimum atomic E-state index is -4.40. The monoisotopic (exact) mass is 285 g/mol.